The number of hydrogen-bond donors (Lipinski definition) is 1. The lowest BCUT2D eigenvalue weighted by Crippen LogP contribution is -1.88. The van der Waals surface area contributed by atoms with Crippen LogP contribution in [0.3, 0.4) is 0 Å². The van der Waals surface area contributed by atoms with Gasteiger partial charge in [0.25, 0.3) is 0 Å². The number of nitrogens with two attached hydrogens (primary N) is 1. The second kappa shape index (κ2) is 6.16. The van der Waals surface area contributed by atoms with Crippen molar-refractivity contribution < 1.29 is 4.74 Å². The highest BCUT2D eigenvalue weighted by atomic mass is 79.9. The van der Waals surface area contributed by atoms with Crippen molar-refractivity contribution >= 4 is 33.4 Å². The Kier molecular flexibility index (Phi) is 4.55. The summed E-state index contributed by atoms with van der Waals surface area (Å²) in [6, 6.07) is 13.9. The van der Waals surface area contributed by atoms with E-state index in [-0.39, 0.29) is 0 Å². The molecule has 0 unspecified atom stereocenters. The zero-order valence-corrected chi connectivity index (χ0v) is 12.4. The number of halogens is 1. The van der Waals surface area contributed by atoms with Gasteiger partial charge in [0, 0.05) is 20.8 Å². The fraction of sp³-hybridized carbons (Fsp3) is 0.143. The second-order valence-electron chi connectivity index (χ2n) is 3.82. The summed E-state index contributed by atoms with van der Waals surface area (Å²) < 4.78 is 6.33. The van der Waals surface area contributed by atoms with Gasteiger partial charge in [0.15, 0.2) is 0 Å². The van der Waals surface area contributed by atoms with Crippen LogP contribution in [0.25, 0.3) is 0 Å². The van der Waals surface area contributed by atoms with Gasteiger partial charge in [-0.25, -0.2) is 0 Å². The third-order valence-electron chi connectivity index (χ3n) is 2.53. The van der Waals surface area contributed by atoms with Gasteiger partial charge in [-0.15, -0.1) is 11.8 Å². The number of nitrogen functional groups attached to an aromatic ring is 1. The zero-order chi connectivity index (χ0) is 13.0. The number of ether oxygens (including phenoxy) is 1. The Morgan fingerprint density at radius 3 is 2.56 bits per heavy atom. The van der Waals surface area contributed by atoms with E-state index in [2.05, 4.69) is 15.9 Å². The van der Waals surface area contributed by atoms with Crippen LogP contribution in [0.2, 0.25) is 0 Å². The lowest BCUT2D eigenvalue weighted by atomic mass is 10.2. The molecular formula is C14H14BrNOS. The Hall–Kier alpha value is -1.13. The van der Waals surface area contributed by atoms with E-state index in [4.69, 9.17) is 10.5 Å². The molecule has 94 valence electrons. The van der Waals surface area contributed by atoms with Crippen molar-refractivity contribution in [2.75, 3.05) is 12.8 Å². The molecule has 0 fully saturated rings. The summed E-state index contributed by atoms with van der Waals surface area (Å²) in [5.41, 5.74) is 7.67. The molecule has 0 heterocycles. The minimum absolute atomic E-state index is 0.793. The molecule has 2 aromatic rings. The molecule has 18 heavy (non-hydrogen) atoms. The maximum absolute atomic E-state index is 5.66. The molecule has 0 radical (unpaired) electrons. The number of anilines is 1. The second-order valence-corrected chi connectivity index (χ2v) is 5.72. The minimum Gasteiger partial charge on any atom is -0.497 e. The summed E-state index contributed by atoms with van der Waals surface area (Å²) >= 11 is 5.33. The maximum Gasteiger partial charge on any atom is 0.119 e. The Morgan fingerprint density at radius 2 is 1.89 bits per heavy atom. The number of hydrogen-bond acceptors (Lipinski definition) is 3. The molecule has 0 aromatic heterocycles. The van der Waals surface area contributed by atoms with Crippen molar-refractivity contribution in [3.63, 3.8) is 0 Å². The van der Waals surface area contributed by atoms with Crippen molar-refractivity contribution in [3.8, 4) is 5.75 Å². The van der Waals surface area contributed by atoms with Crippen molar-refractivity contribution in [1.29, 1.82) is 0 Å². The van der Waals surface area contributed by atoms with Gasteiger partial charge < -0.3 is 10.5 Å². The summed E-state index contributed by atoms with van der Waals surface area (Å²) in [5, 5.41) is 0. The molecule has 0 saturated carbocycles. The highest BCUT2D eigenvalue weighted by molar-refractivity contribution is 9.10. The van der Waals surface area contributed by atoms with Gasteiger partial charge in [0.1, 0.15) is 5.75 Å². The number of benzene rings is 2. The summed E-state index contributed by atoms with van der Waals surface area (Å²) in [6.45, 7) is 0. The predicted octanol–water partition coefficient (Wildman–Crippen LogP) is 4.33. The standard InChI is InChI=1S/C14H14BrNOS/c1-17-12-4-7-14(15)10(8-12)9-18-13-5-2-11(16)3-6-13/h2-8H,9,16H2,1H3. The van der Waals surface area contributed by atoms with E-state index in [1.165, 1.54) is 10.5 Å². The molecule has 4 heteroatoms. The lowest BCUT2D eigenvalue weighted by molar-refractivity contribution is 0.414. The lowest BCUT2D eigenvalue weighted by Gasteiger charge is -2.07. The minimum atomic E-state index is 0.793. The summed E-state index contributed by atoms with van der Waals surface area (Å²) in [7, 11) is 1.68. The molecule has 2 N–H and O–H groups in total. The number of rotatable bonds is 4. The van der Waals surface area contributed by atoms with Crippen LogP contribution < -0.4 is 10.5 Å². The van der Waals surface area contributed by atoms with Gasteiger partial charge >= 0.3 is 0 Å². The van der Waals surface area contributed by atoms with Crippen molar-refractivity contribution in [3.05, 3.63) is 52.5 Å². The van der Waals surface area contributed by atoms with E-state index in [0.29, 0.717) is 0 Å². The van der Waals surface area contributed by atoms with E-state index in [9.17, 15) is 0 Å². The molecule has 2 rings (SSSR count). The van der Waals surface area contributed by atoms with E-state index in [1.54, 1.807) is 18.9 Å². The quantitative estimate of drug-likeness (QED) is 0.671. The first-order valence-electron chi connectivity index (χ1n) is 5.50. The summed E-state index contributed by atoms with van der Waals surface area (Å²) in [6.07, 6.45) is 0. The van der Waals surface area contributed by atoms with Crippen LogP contribution in [0.1, 0.15) is 5.56 Å². The Morgan fingerprint density at radius 1 is 1.17 bits per heavy atom. The molecular weight excluding hydrogens is 310 g/mol. The first-order valence-corrected chi connectivity index (χ1v) is 7.27. The molecule has 2 aromatic carbocycles. The molecule has 0 saturated heterocycles. The van der Waals surface area contributed by atoms with Gasteiger partial charge in [0.2, 0.25) is 0 Å². The SMILES string of the molecule is COc1ccc(Br)c(CSc2ccc(N)cc2)c1. The predicted molar refractivity (Wildman–Crippen MR) is 81.1 cm³/mol. The van der Waals surface area contributed by atoms with Crippen LogP contribution in [0.15, 0.2) is 51.8 Å². The van der Waals surface area contributed by atoms with Crippen LogP contribution in [0.5, 0.6) is 5.75 Å². The topological polar surface area (TPSA) is 35.2 Å². The first kappa shape index (κ1) is 13.3. The monoisotopic (exact) mass is 323 g/mol. The van der Waals surface area contributed by atoms with E-state index in [0.717, 1.165) is 21.7 Å². The van der Waals surface area contributed by atoms with Gasteiger partial charge in [-0.3, -0.25) is 0 Å². The van der Waals surface area contributed by atoms with Crippen LogP contribution in [0, 0.1) is 0 Å². The molecule has 0 atom stereocenters. The van der Waals surface area contributed by atoms with Gasteiger partial charge in [-0.2, -0.15) is 0 Å². The molecule has 0 aliphatic heterocycles. The Balaban J connectivity index is 2.07. The Labute approximate surface area is 120 Å². The van der Waals surface area contributed by atoms with Gasteiger partial charge in [0.05, 0.1) is 7.11 Å². The fourth-order valence-corrected chi connectivity index (χ4v) is 2.98. The van der Waals surface area contributed by atoms with Crippen LogP contribution in [-0.4, -0.2) is 7.11 Å². The fourth-order valence-electron chi connectivity index (χ4n) is 1.51. The first-order chi connectivity index (χ1) is 8.69. The number of thioether (sulfide) groups is 1. The Bertz CT molecular complexity index is 528. The molecule has 0 aliphatic carbocycles. The summed E-state index contributed by atoms with van der Waals surface area (Å²) in [4.78, 5) is 1.21. The largest absolute Gasteiger partial charge is 0.497 e. The zero-order valence-electron chi connectivity index (χ0n) is 10.0. The van der Waals surface area contributed by atoms with Crippen LogP contribution >= 0.6 is 27.7 Å². The van der Waals surface area contributed by atoms with Gasteiger partial charge in [-0.1, -0.05) is 15.9 Å². The van der Waals surface area contributed by atoms with Crippen molar-refractivity contribution in [1.82, 2.24) is 0 Å². The average molecular weight is 324 g/mol. The van der Waals surface area contributed by atoms with Crippen molar-refractivity contribution in [2.45, 2.75) is 10.6 Å². The highest BCUT2D eigenvalue weighted by Crippen LogP contribution is 2.29. The highest BCUT2D eigenvalue weighted by Gasteiger charge is 2.03. The summed E-state index contributed by atoms with van der Waals surface area (Å²) in [5.74, 6) is 1.77. The van der Waals surface area contributed by atoms with Crippen molar-refractivity contribution in [2.24, 2.45) is 0 Å². The maximum atomic E-state index is 5.66. The van der Waals surface area contributed by atoms with E-state index < -0.39 is 0 Å². The third-order valence-corrected chi connectivity index (χ3v) is 4.36. The van der Waals surface area contributed by atoms with Crippen LogP contribution in [0.4, 0.5) is 5.69 Å². The smallest absolute Gasteiger partial charge is 0.119 e. The molecule has 2 nitrogen and oxygen atoms in total. The molecule has 0 aliphatic rings. The average Bonchev–Trinajstić information content (AvgIpc) is 2.40. The normalized spacial score (nSPS) is 10.3. The third kappa shape index (κ3) is 3.43. The van der Waals surface area contributed by atoms with Gasteiger partial charge in [-0.05, 0) is 48.0 Å². The molecule has 0 amide bonds. The van der Waals surface area contributed by atoms with Crippen LogP contribution in [-0.2, 0) is 5.75 Å². The number of methoxy groups -OCH3 is 1. The molecule has 0 bridgehead atoms. The van der Waals surface area contributed by atoms with E-state index >= 15 is 0 Å². The molecule has 0 spiro atoms. The van der Waals surface area contributed by atoms with E-state index in [1.807, 2.05) is 42.5 Å².